The van der Waals surface area contributed by atoms with Crippen LogP contribution in [0.15, 0.2) is 91.5 Å². The van der Waals surface area contributed by atoms with E-state index in [0.717, 1.165) is 28.9 Å². The van der Waals surface area contributed by atoms with Gasteiger partial charge in [0.1, 0.15) is 5.75 Å². The second-order valence-corrected chi connectivity index (χ2v) is 9.22. The molecule has 0 atom stereocenters. The van der Waals surface area contributed by atoms with Crippen LogP contribution in [0.25, 0.3) is 10.2 Å². The molecule has 0 saturated carbocycles. The van der Waals surface area contributed by atoms with Gasteiger partial charge in [-0.2, -0.15) is 0 Å². The van der Waals surface area contributed by atoms with Gasteiger partial charge in [0, 0.05) is 42.2 Å². The maximum atomic E-state index is 13.7. The number of hydrogen-bond donors (Lipinski definition) is 0. The van der Waals surface area contributed by atoms with Crippen molar-refractivity contribution in [2.75, 3.05) is 18.6 Å². The van der Waals surface area contributed by atoms with Crippen molar-refractivity contribution in [3.63, 3.8) is 0 Å². The monoisotopic (exact) mass is 532 g/mol. The molecule has 2 aromatic heterocycles. The number of ketones is 1. The molecule has 0 aliphatic rings. The SMILES string of the molecule is COc1ccc2nc(N(CCCn3ccnc3)C(=O)c3ccc(C(=O)c4ccccc4)cc3)sc2c1.Cl. The third-order valence-electron chi connectivity index (χ3n) is 5.85. The van der Waals surface area contributed by atoms with Crippen molar-refractivity contribution in [3.8, 4) is 5.75 Å². The second-order valence-electron chi connectivity index (χ2n) is 8.21. The van der Waals surface area contributed by atoms with Crippen LogP contribution in [-0.4, -0.2) is 39.9 Å². The van der Waals surface area contributed by atoms with E-state index in [0.29, 0.717) is 28.4 Å². The maximum absolute atomic E-state index is 13.7. The highest BCUT2D eigenvalue weighted by molar-refractivity contribution is 7.22. The normalized spacial score (nSPS) is 10.6. The smallest absolute Gasteiger partial charge is 0.260 e. The van der Waals surface area contributed by atoms with Crippen LogP contribution in [0.1, 0.15) is 32.7 Å². The molecule has 3 aromatic carbocycles. The van der Waals surface area contributed by atoms with Crippen LogP contribution < -0.4 is 9.64 Å². The molecule has 0 N–H and O–H groups in total. The quantitative estimate of drug-likeness (QED) is 0.221. The first-order chi connectivity index (χ1) is 17.6. The minimum absolute atomic E-state index is 0. The molecule has 0 aliphatic heterocycles. The highest BCUT2D eigenvalue weighted by atomic mass is 35.5. The van der Waals surface area contributed by atoms with Gasteiger partial charge in [-0.1, -0.05) is 53.8 Å². The molecule has 9 heteroatoms. The van der Waals surface area contributed by atoms with E-state index in [1.54, 1.807) is 60.9 Å². The summed E-state index contributed by atoms with van der Waals surface area (Å²) in [6.07, 6.45) is 6.13. The van der Waals surface area contributed by atoms with Gasteiger partial charge in [-0.3, -0.25) is 14.5 Å². The van der Waals surface area contributed by atoms with Crippen molar-refractivity contribution in [2.24, 2.45) is 0 Å². The van der Waals surface area contributed by atoms with Crippen LogP contribution in [0.5, 0.6) is 5.75 Å². The summed E-state index contributed by atoms with van der Waals surface area (Å²) in [4.78, 5) is 36.9. The second kappa shape index (κ2) is 11.8. The summed E-state index contributed by atoms with van der Waals surface area (Å²) < 4.78 is 8.27. The van der Waals surface area contributed by atoms with Gasteiger partial charge in [0.15, 0.2) is 10.9 Å². The number of fused-ring (bicyclic) bond motifs is 1. The number of imidazole rings is 1. The number of amides is 1. The van der Waals surface area contributed by atoms with E-state index >= 15 is 0 Å². The number of thiazole rings is 1. The Bertz CT molecular complexity index is 1490. The Morgan fingerprint density at radius 1 is 0.973 bits per heavy atom. The van der Waals surface area contributed by atoms with E-state index in [2.05, 4.69) is 4.98 Å². The molecule has 1 amide bonds. The van der Waals surface area contributed by atoms with Gasteiger partial charge in [-0.05, 0) is 36.8 Å². The van der Waals surface area contributed by atoms with Crippen molar-refractivity contribution in [1.82, 2.24) is 14.5 Å². The number of carbonyl (C=O) groups is 2. The van der Waals surface area contributed by atoms with E-state index in [4.69, 9.17) is 9.72 Å². The number of carbonyl (C=O) groups excluding carboxylic acids is 2. The number of aryl methyl sites for hydroxylation is 1. The van der Waals surface area contributed by atoms with Crippen LogP contribution in [-0.2, 0) is 6.54 Å². The Kier molecular flexibility index (Phi) is 8.32. The molecular weight excluding hydrogens is 508 g/mol. The van der Waals surface area contributed by atoms with Crippen molar-refractivity contribution in [3.05, 3.63) is 108 Å². The minimum Gasteiger partial charge on any atom is -0.497 e. The number of methoxy groups -OCH3 is 1. The number of benzene rings is 3. The minimum atomic E-state index is -0.162. The molecule has 2 heterocycles. The lowest BCUT2D eigenvalue weighted by Crippen LogP contribution is -2.32. The number of rotatable bonds is 9. The molecule has 37 heavy (non-hydrogen) atoms. The maximum Gasteiger partial charge on any atom is 0.260 e. The van der Waals surface area contributed by atoms with Crippen LogP contribution >= 0.6 is 23.7 Å². The molecule has 0 unspecified atom stereocenters. The third-order valence-corrected chi connectivity index (χ3v) is 6.89. The summed E-state index contributed by atoms with van der Waals surface area (Å²) in [6, 6.07) is 21.6. The summed E-state index contributed by atoms with van der Waals surface area (Å²) in [5.74, 6) is 0.506. The first-order valence-electron chi connectivity index (χ1n) is 11.5. The number of ether oxygens (including phenoxy) is 1. The Morgan fingerprint density at radius 3 is 2.41 bits per heavy atom. The van der Waals surface area contributed by atoms with E-state index in [1.807, 2.05) is 47.2 Å². The fraction of sp³-hybridized carbons (Fsp3) is 0.143. The van der Waals surface area contributed by atoms with E-state index in [9.17, 15) is 9.59 Å². The summed E-state index contributed by atoms with van der Waals surface area (Å²) >= 11 is 1.45. The molecular formula is C28H25ClN4O3S. The lowest BCUT2D eigenvalue weighted by atomic mass is 10.0. The Morgan fingerprint density at radius 2 is 1.70 bits per heavy atom. The number of halogens is 1. The van der Waals surface area contributed by atoms with Gasteiger partial charge in [-0.15, -0.1) is 12.4 Å². The fourth-order valence-electron chi connectivity index (χ4n) is 3.93. The van der Waals surface area contributed by atoms with Gasteiger partial charge in [0.25, 0.3) is 5.91 Å². The van der Waals surface area contributed by atoms with E-state index in [-0.39, 0.29) is 24.1 Å². The van der Waals surface area contributed by atoms with E-state index in [1.165, 1.54) is 11.3 Å². The molecule has 0 radical (unpaired) electrons. The summed E-state index contributed by atoms with van der Waals surface area (Å²) in [5, 5.41) is 0.623. The number of anilines is 1. The van der Waals surface area contributed by atoms with E-state index < -0.39 is 0 Å². The molecule has 5 aromatic rings. The Labute approximate surface area is 224 Å². The molecule has 0 saturated heterocycles. The highest BCUT2D eigenvalue weighted by Gasteiger charge is 2.22. The highest BCUT2D eigenvalue weighted by Crippen LogP contribution is 2.32. The van der Waals surface area contributed by atoms with Gasteiger partial charge in [-0.25, -0.2) is 9.97 Å². The zero-order chi connectivity index (χ0) is 24.9. The van der Waals surface area contributed by atoms with Crippen molar-refractivity contribution in [1.29, 1.82) is 0 Å². The summed E-state index contributed by atoms with van der Waals surface area (Å²) in [5.41, 5.74) is 2.46. The standard InChI is InChI=1S/C28H24N4O3S.ClH/c1-35-23-12-13-24-25(18-23)36-28(30-24)32(16-5-15-31-17-14-29-19-31)27(34)22-10-8-21(9-11-22)26(33)20-6-3-2-4-7-20;/h2-4,6-14,17-19H,5,15-16H2,1H3;1H. The first-order valence-corrected chi connectivity index (χ1v) is 12.4. The summed E-state index contributed by atoms with van der Waals surface area (Å²) in [6.45, 7) is 1.21. The Balaban J connectivity index is 0.00000320. The average molecular weight is 533 g/mol. The largest absolute Gasteiger partial charge is 0.497 e. The predicted molar refractivity (Wildman–Crippen MR) is 148 cm³/mol. The van der Waals surface area contributed by atoms with Crippen molar-refractivity contribution in [2.45, 2.75) is 13.0 Å². The lowest BCUT2D eigenvalue weighted by Gasteiger charge is -2.20. The van der Waals surface area contributed by atoms with Gasteiger partial charge in [0.2, 0.25) is 0 Å². The molecule has 5 rings (SSSR count). The molecule has 7 nitrogen and oxygen atoms in total. The zero-order valence-electron chi connectivity index (χ0n) is 20.1. The van der Waals surface area contributed by atoms with Gasteiger partial charge < -0.3 is 9.30 Å². The van der Waals surface area contributed by atoms with Crippen molar-refractivity contribution >= 4 is 50.8 Å². The molecule has 0 spiro atoms. The number of hydrogen-bond acceptors (Lipinski definition) is 6. The lowest BCUT2D eigenvalue weighted by molar-refractivity contribution is 0.0984. The van der Waals surface area contributed by atoms with Crippen LogP contribution in [0.3, 0.4) is 0 Å². The van der Waals surface area contributed by atoms with Gasteiger partial charge >= 0.3 is 0 Å². The summed E-state index contributed by atoms with van der Waals surface area (Å²) in [7, 11) is 1.63. The molecule has 188 valence electrons. The predicted octanol–water partition coefficient (Wildman–Crippen LogP) is 5.89. The van der Waals surface area contributed by atoms with Crippen LogP contribution in [0.2, 0.25) is 0 Å². The number of nitrogens with zero attached hydrogens (tertiary/aromatic N) is 4. The topological polar surface area (TPSA) is 77.3 Å². The van der Waals surface area contributed by atoms with Crippen LogP contribution in [0.4, 0.5) is 5.13 Å². The first kappa shape index (κ1) is 26.1. The Hall–Kier alpha value is -4.01. The number of aromatic nitrogens is 3. The average Bonchev–Trinajstić information content (AvgIpc) is 3.60. The van der Waals surface area contributed by atoms with Gasteiger partial charge in [0.05, 0.1) is 23.7 Å². The molecule has 0 bridgehead atoms. The fourth-order valence-corrected chi connectivity index (χ4v) is 4.94. The zero-order valence-corrected chi connectivity index (χ0v) is 21.7. The molecule has 0 fully saturated rings. The third kappa shape index (κ3) is 5.87. The van der Waals surface area contributed by atoms with Crippen molar-refractivity contribution < 1.29 is 14.3 Å². The van der Waals surface area contributed by atoms with Crippen LogP contribution in [0, 0.1) is 0 Å². The molecule has 0 aliphatic carbocycles.